The topological polar surface area (TPSA) is 0 Å². The van der Waals surface area contributed by atoms with E-state index in [-0.39, 0.29) is 22.3 Å². The van der Waals surface area contributed by atoms with Crippen molar-refractivity contribution in [1.82, 2.24) is 0 Å². The van der Waals surface area contributed by atoms with Crippen LogP contribution in [-0.4, -0.2) is 0 Å². The molecule has 0 bridgehead atoms. The van der Waals surface area contributed by atoms with Gasteiger partial charge in [0.2, 0.25) is 0 Å². The van der Waals surface area contributed by atoms with E-state index in [1.807, 2.05) is 6.07 Å². The first-order chi connectivity index (χ1) is 14.8. The summed E-state index contributed by atoms with van der Waals surface area (Å²) in [5.74, 6) is -3.86. The van der Waals surface area contributed by atoms with Crippen molar-refractivity contribution in [3.05, 3.63) is 82.9 Å². The molecule has 1 aliphatic rings. The Kier molecular flexibility index (Phi) is 6.08. The highest BCUT2D eigenvalue weighted by Crippen LogP contribution is 2.36. The van der Waals surface area contributed by atoms with Crippen LogP contribution in [0, 0.1) is 23.3 Å². The van der Waals surface area contributed by atoms with Crippen molar-refractivity contribution in [3.63, 3.8) is 0 Å². The van der Waals surface area contributed by atoms with Gasteiger partial charge in [-0.05, 0) is 59.7 Å². The Morgan fingerprint density at radius 2 is 1.16 bits per heavy atom. The molecule has 0 unspecified atom stereocenters. The van der Waals surface area contributed by atoms with Crippen LogP contribution in [0.2, 0.25) is 0 Å². The SMILES string of the molecule is Fc1cc(-c2ccc(C3CCCCC3)cc2F)ccc1-c1cc(F)c(C(F)F)c(F)c1. The molecule has 0 saturated heterocycles. The van der Waals surface area contributed by atoms with Crippen LogP contribution in [0.3, 0.4) is 0 Å². The second kappa shape index (κ2) is 8.77. The molecule has 0 heterocycles. The summed E-state index contributed by atoms with van der Waals surface area (Å²) in [6.07, 6.45) is 2.18. The molecule has 1 saturated carbocycles. The lowest BCUT2D eigenvalue weighted by Crippen LogP contribution is -2.05. The lowest BCUT2D eigenvalue weighted by molar-refractivity contribution is 0.141. The summed E-state index contributed by atoms with van der Waals surface area (Å²) >= 11 is 0. The van der Waals surface area contributed by atoms with Crippen LogP contribution in [0.5, 0.6) is 0 Å². The van der Waals surface area contributed by atoms with Gasteiger partial charge in [0.15, 0.2) is 0 Å². The Bertz CT molecular complexity index is 1080. The molecule has 162 valence electrons. The molecule has 0 N–H and O–H groups in total. The summed E-state index contributed by atoms with van der Waals surface area (Å²) in [4.78, 5) is 0. The van der Waals surface area contributed by atoms with Gasteiger partial charge < -0.3 is 0 Å². The van der Waals surface area contributed by atoms with Crippen LogP contribution in [-0.2, 0) is 0 Å². The predicted molar refractivity (Wildman–Crippen MR) is 108 cm³/mol. The Balaban J connectivity index is 1.65. The third kappa shape index (κ3) is 4.34. The number of hydrogen-bond acceptors (Lipinski definition) is 0. The zero-order valence-electron chi connectivity index (χ0n) is 16.6. The van der Waals surface area contributed by atoms with Crippen molar-refractivity contribution in [2.24, 2.45) is 0 Å². The maximum Gasteiger partial charge on any atom is 0.269 e. The van der Waals surface area contributed by atoms with Crippen LogP contribution in [0.4, 0.5) is 26.3 Å². The van der Waals surface area contributed by atoms with Gasteiger partial charge in [0, 0.05) is 11.1 Å². The van der Waals surface area contributed by atoms with Crippen LogP contribution in [0.1, 0.15) is 55.6 Å². The minimum atomic E-state index is -3.32. The average molecular weight is 434 g/mol. The normalized spacial score (nSPS) is 14.9. The smallest absolute Gasteiger partial charge is 0.206 e. The lowest BCUT2D eigenvalue weighted by atomic mass is 9.83. The summed E-state index contributed by atoms with van der Waals surface area (Å²) in [6.45, 7) is 0. The third-order valence-corrected chi connectivity index (χ3v) is 5.96. The molecule has 4 rings (SSSR count). The molecule has 3 aromatic carbocycles. The summed E-state index contributed by atoms with van der Waals surface area (Å²) in [5.41, 5.74) is -0.295. The fourth-order valence-corrected chi connectivity index (χ4v) is 4.32. The third-order valence-electron chi connectivity index (χ3n) is 5.96. The first-order valence-electron chi connectivity index (χ1n) is 10.2. The number of rotatable bonds is 4. The molecule has 0 aromatic heterocycles. The zero-order chi connectivity index (χ0) is 22.1. The minimum absolute atomic E-state index is 0.165. The van der Waals surface area contributed by atoms with Gasteiger partial charge in [0.1, 0.15) is 23.3 Å². The van der Waals surface area contributed by atoms with Crippen LogP contribution < -0.4 is 0 Å². The second-order valence-electron chi connectivity index (χ2n) is 7.92. The van der Waals surface area contributed by atoms with Gasteiger partial charge in [-0.2, -0.15) is 0 Å². The van der Waals surface area contributed by atoms with E-state index >= 15 is 0 Å². The Morgan fingerprint density at radius 1 is 0.613 bits per heavy atom. The highest BCUT2D eigenvalue weighted by atomic mass is 19.3. The van der Waals surface area contributed by atoms with E-state index in [1.165, 1.54) is 24.6 Å². The molecule has 0 aliphatic heterocycles. The molecule has 6 heteroatoms. The molecule has 0 spiro atoms. The lowest BCUT2D eigenvalue weighted by Gasteiger charge is -2.22. The second-order valence-corrected chi connectivity index (χ2v) is 7.92. The Morgan fingerprint density at radius 3 is 1.74 bits per heavy atom. The van der Waals surface area contributed by atoms with Crippen molar-refractivity contribution in [2.45, 2.75) is 44.4 Å². The summed E-state index contributed by atoms with van der Waals surface area (Å²) in [5, 5.41) is 0. The molecule has 0 atom stereocenters. The zero-order valence-corrected chi connectivity index (χ0v) is 16.6. The van der Waals surface area contributed by atoms with E-state index in [9.17, 15) is 26.3 Å². The summed E-state index contributed by atoms with van der Waals surface area (Å²) in [6, 6.07) is 10.1. The van der Waals surface area contributed by atoms with Gasteiger partial charge in [-0.25, -0.2) is 26.3 Å². The molecule has 1 fully saturated rings. The standard InChI is InChI=1S/C25H20F6/c26-20-10-15(14-4-2-1-3-5-14)6-8-18(20)16-7-9-19(21(27)11-16)17-12-22(28)24(25(30)31)23(29)13-17/h6-14,25H,1-5H2. The first kappa shape index (κ1) is 21.5. The molecule has 0 nitrogen and oxygen atoms in total. The summed E-state index contributed by atoms with van der Waals surface area (Å²) in [7, 11) is 0. The maximum atomic E-state index is 14.8. The van der Waals surface area contributed by atoms with Crippen molar-refractivity contribution < 1.29 is 26.3 Å². The van der Waals surface area contributed by atoms with Crippen LogP contribution >= 0.6 is 0 Å². The van der Waals surface area contributed by atoms with E-state index in [0.717, 1.165) is 37.3 Å². The molecule has 0 amide bonds. The van der Waals surface area contributed by atoms with Crippen LogP contribution in [0.25, 0.3) is 22.3 Å². The van der Waals surface area contributed by atoms with Gasteiger partial charge in [0.05, 0.1) is 5.56 Å². The molecule has 3 aromatic rings. The van der Waals surface area contributed by atoms with Gasteiger partial charge in [-0.3, -0.25) is 0 Å². The molecule has 1 aliphatic carbocycles. The maximum absolute atomic E-state index is 14.8. The highest BCUT2D eigenvalue weighted by Gasteiger charge is 2.22. The first-order valence-corrected chi connectivity index (χ1v) is 10.2. The number of benzene rings is 3. The van der Waals surface area contributed by atoms with Gasteiger partial charge in [-0.15, -0.1) is 0 Å². The number of alkyl halides is 2. The quantitative estimate of drug-likeness (QED) is 0.361. The van der Waals surface area contributed by atoms with E-state index in [1.54, 1.807) is 6.07 Å². The Hall–Kier alpha value is -2.76. The molecule has 0 radical (unpaired) electrons. The summed E-state index contributed by atoms with van der Waals surface area (Å²) < 4.78 is 82.7. The highest BCUT2D eigenvalue weighted by molar-refractivity contribution is 5.72. The van der Waals surface area contributed by atoms with Crippen molar-refractivity contribution in [3.8, 4) is 22.3 Å². The van der Waals surface area contributed by atoms with Gasteiger partial charge >= 0.3 is 0 Å². The number of hydrogen-bond donors (Lipinski definition) is 0. The van der Waals surface area contributed by atoms with Crippen molar-refractivity contribution in [2.75, 3.05) is 0 Å². The average Bonchev–Trinajstić information content (AvgIpc) is 2.73. The number of halogens is 6. The van der Waals surface area contributed by atoms with Gasteiger partial charge in [0.25, 0.3) is 6.43 Å². The molecule has 31 heavy (non-hydrogen) atoms. The molecular formula is C25H20F6. The van der Waals surface area contributed by atoms with Gasteiger partial charge in [-0.1, -0.05) is 43.5 Å². The predicted octanol–water partition coefficient (Wildman–Crippen LogP) is 8.56. The fourth-order valence-electron chi connectivity index (χ4n) is 4.32. The van der Waals surface area contributed by atoms with Crippen LogP contribution in [0.15, 0.2) is 48.5 Å². The Labute approximate surface area is 176 Å². The monoisotopic (exact) mass is 434 g/mol. The van der Waals surface area contributed by atoms with Crippen molar-refractivity contribution in [1.29, 1.82) is 0 Å². The van der Waals surface area contributed by atoms with E-state index in [4.69, 9.17) is 0 Å². The fraction of sp³-hybridized carbons (Fsp3) is 0.280. The molecular weight excluding hydrogens is 414 g/mol. The largest absolute Gasteiger partial charge is 0.269 e. The van der Waals surface area contributed by atoms with E-state index in [2.05, 4.69) is 0 Å². The van der Waals surface area contributed by atoms with Crippen molar-refractivity contribution >= 4 is 0 Å². The van der Waals surface area contributed by atoms with E-state index in [0.29, 0.717) is 18.1 Å². The minimum Gasteiger partial charge on any atom is -0.206 e. The van der Waals surface area contributed by atoms with E-state index < -0.39 is 35.3 Å².